The Hall–Kier alpha value is -2.32. The van der Waals surface area contributed by atoms with Gasteiger partial charge in [-0.15, -0.1) is 0 Å². The van der Waals surface area contributed by atoms with Crippen LogP contribution in [0.25, 0.3) is 10.2 Å². The van der Waals surface area contributed by atoms with Crippen molar-refractivity contribution in [2.75, 3.05) is 4.72 Å². The summed E-state index contributed by atoms with van der Waals surface area (Å²) >= 11 is 13.2. The van der Waals surface area contributed by atoms with Gasteiger partial charge in [0.25, 0.3) is 10.0 Å². The summed E-state index contributed by atoms with van der Waals surface area (Å²) < 4.78 is 30.5. The van der Waals surface area contributed by atoms with Crippen LogP contribution in [0.5, 0.6) is 0 Å². The van der Waals surface area contributed by atoms with Crippen LogP contribution < -0.4 is 9.60 Å². The van der Waals surface area contributed by atoms with Crippen LogP contribution in [0, 0.1) is 6.92 Å². The zero-order valence-electron chi connectivity index (χ0n) is 15.7. The van der Waals surface area contributed by atoms with Crippen molar-refractivity contribution in [2.45, 2.75) is 18.4 Å². The van der Waals surface area contributed by atoms with E-state index in [0.717, 1.165) is 16.9 Å². The molecular formula is C21H16Cl2N2O3S2. The zero-order valence-corrected chi connectivity index (χ0v) is 18.9. The molecule has 0 saturated heterocycles. The average molecular weight is 479 g/mol. The van der Waals surface area contributed by atoms with Crippen molar-refractivity contribution < 1.29 is 8.42 Å². The third-order valence-electron chi connectivity index (χ3n) is 4.67. The second-order valence-corrected chi connectivity index (χ2v) is 10.3. The van der Waals surface area contributed by atoms with Gasteiger partial charge in [-0.1, -0.05) is 52.7 Å². The number of aryl methyl sites for hydroxylation is 1. The molecule has 0 aliphatic carbocycles. The Balaban J connectivity index is 1.70. The molecule has 0 fully saturated rings. The fourth-order valence-corrected chi connectivity index (χ4v) is 5.69. The molecule has 4 rings (SSSR count). The molecular weight excluding hydrogens is 463 g/mol. The standard InChI is InChI=1S/C21H16Cl2N2O3S2/c1-13-10-15(22)6-8-18(13)24-30(27,28)16-7-9-19-20(11-16)29-21(26)25(19)12-14-4-2-3-5-17(14)23/h2-11,24H,12H2,1H3. The number of anilines is 1. The van der Waals surface area contributed by atoms with Gasteiger partial charge >= 0.3 is 4.87 Å². The molecule has 0 saturated carbocycles. The largest absolute Gasteiger partial charge is 0.308 e. The first-order valence-electron chi connectivity index (χ1n) is 8.90. The first-order chi connectivity index (χ1) is 14.2. The second-order valence-electron chi connectivity index (χ2n) is 6.74. The van der Waals surface area contributed by atoms with Crippen LogP contribution in [0.3, 0.4) is 0 Å². The van der Waals surface area contributed by atoms with Crippen LogP contribution in [0.2, 0.25) is 10.0 Å². The highest BCUT2D eigenvalue weighted by Crippen LogP contribution is 2.27. The lowest BCUT2D eigenvalue weighted by Crippen LogP contribution is -2.14. The van der Waals surface area contributed by atoms with E-state index in [1.54, 1.807) is 41.8 Å². The minimum atomic E-state index is -3.83. The monoisotopic (exact) mass is 478 g/mol. The van der Waals surface area contributed by atoms with E-state index in [2.05, 4.69) is 4.72 Å². The highest BCUT2D eigenvalue weighted by molar-refractivity contribution is 7.92. The molecule has 0 aliphatic heterocycles. The van der Waals surface area contributed by atoms with Crippen molar-refractivity contribution in [3.63, 3.8) is 0 Å². The highest BCUT2D eigenvalue weighted by atomic mass is 35.5. The summed E-state index contributed by atoms with van der Waals surface area (Å²) in [7, 11) is -3.83. The quantitative estimate of drug-likeness (QED) is 0.410. The maximum absolute atomic E-state index is 12.9. The fourth-order valence-electron chi connectivity index (χ4n) is 3.11. The summed E-state index contributed by atoms with van der Waals surface area (Å²) in [6.45, 7) is 2.08. The number of aromatic nitrogens is 1. The normalized spacial score (nSPS) is 11.7. The Morgan fingerprint density at radius 1 is 1.03 bits per heavy atom. The molecule has 0 spiro atoms. The van der Waals surface area contributed by atoms with Crippen molar-refractivity contribution in [3.8, 4) is 0 Å². The number of nitrogens with zero attached hydrogens (tertiary/aromatic N) is 1. The number of nitrogens with one attached hydrogen (secondary N) is 1. The van der Waals surface area contributed by atoms with E-state index in [4.69, 9.17) is 23.2 Å². The molecule has 3 aromatic carbocycles. The van der Waals surface area contributed by atoms with E-state index in [1.165, 1.54) is 12.1 Å². The third kappa shape index (κ3) is 4.11. The Morgan fingerprint density at radius 3 is 2.53 bits per heavy atom. The van der Waals surface area contributed by atoms with Crippen LogP contribution in [-0.4, -0.2) is 13.0 Å². The third-order valence-corrected chi connectivity index (χ3v) is 7.58. The predicted octanol–water partition coefficient (Wildman–Crippen LogP) is 5.53. The molecule has 1 aromatic heterocycles. The Kier molecular flexibility index (Phi) is 5.63. The first-order valence-corrected chi connectivity index (χ1v) is 12.0. The molecule has 30 heavy (non-hydrogen) atoms. The fraction of sp³-hybridized carbons (Fsp3) is 0.0952. The van der Waals surface area contributed by atoms with Gasteiger partial charge in [0.05, 0.1) is 27.3 Å². The van der Waals surface area contributed by atoms with Crippen molar-refractivity contribution >= 4 is 60.5 Å². The minimum Gasteiger partial charge on any atom is -0.294 e. The van der Waals surface area contributed by atoms with E-state index < -0.39 is 10.0 Å². The molecule has 4 aromatic rings. The topological polar surface area (TPSA) is 68.2 Å². The number of hydrogen-bond donors (Lipinski definition) is 1. The average Bonchev–Trinajstić information content (AvgIpc) is 3.00. The number of hydrogen-bond acceptors (Lipinski definition) is 4. The summed E-state index contributed by atoms with van der Waals surface area (Å²) in [5.41, 5.74) is 2.63. The highest BCUT2D eigenvalue weighted by Gasteiger charge is 2.18. The summed E-state index contributed by atoms with van der Waals surface area (Å²) in [6, 6.07) is 16.9. The predicted molar refractivity (Wildman–Crippen MR) is 124 cm³/mol. The van der Waals surface area contributed by atoms with Crippen LogP contribution in [0.1, 0.15) is 11.1 Å². The first kappa shape index (κ1) is 20.9. The minimum absolute atomic E-state index is 0.0792. The van der Waals surface area contributed by atoms with E-state index >= 15 is 0 Å². The molecule has 0 bridgehead atoms. The Bertz CT molecular complexity index is 1430. The van der Waals surface area contributed by atoms with Gasteiger partial charge in [-0.3, -0.25) is 14.1 Å². The number of rotatable bonds is 5. The smallest absolute Gasteiger partial charge is 0.294 e. The van der Waals surface area contributed by atoms with E-state index in [0.29, 0.717) is 38.1 Å². The van der Waals surface area contributed by atoms with Gasteiger partial charge in [-0.05, 0) is 60.5 Å². The van der Waals surface area contributed by atoms with Crippen molar-refractivity contribution in [1.29, 1.82) is 0 Å². The van der Waals surface area contributed by atoms with Gasteiger partial charge in [0.1, 0.15) is 0 Å². The van der Waals surface area contributed by atoms with Gasteiger partial charge in [-0.2, -0.15) is 0 Å². The van der Waals surface area contributed by atoms with E-state index in [1.807, 2.05) is 18.2 Å². The van der Waals surface area contributed by atoms with E-state index in [-0.39, 0.29) is 9.77 Å². The molecule has 0 unspecified atom stereocenters. The van der Waals surface area contributed by atoms with Gasteiger partial charge in [0.2, 0.25) is 0 Å². The molecule has 9 heteroatoms. The second kappa shape index (κ2) is 8.07. The molecule has 0 aliphatic rings. The summed E-state index contributed by atoms with van der Waals surface area (Å²) in [4.78, 5) is 12.4. The molecule has 154 valence electrons. The summed E-state index contributed by atoms with van der Waals surface area (Å²) in [5, 5.41) is 1.10. The number of fused-ring (bicyclic) bond motifs is 1. The van der Waals surface area contributed by atoms with Crippen LogP contribution in [-0.2, 0) is 16.6 Å². The molecule has 0 atom stereocenters. The number of sulfonamides is 1. The molecule has 1 heterocycles. The molecule has 0 amide bonds. The van der Waals surface area contributed by atoms with Crippen molar-refractivity contribution in [2.24, 2.45) is 0 Å². The van der Waals surface area contributed by atoms with Gasteiger partial charge in [-0.25, -0.2) is 8.42 Å². The molecule has 1 N–H and O–H groups in total. The van der Waals surface area contributed by atoms with Crippen LogP contribution in [0.4, 0.5) is 5.69 Å². The van der Waals surface area contributed by atoms with Crippen molar-refractivity contribution in [1.82, 2.24) is 4.57 Å². The van der Waals surface area contributed by atoms with Crippen LogP contribution >= 0.6 is 34.5 Å². The van der Waals surface area contributed by atoms with Crippen LogP contribution in [0.15, 0.2) is 70.4 Å². The van der Waals surface area contributed by atoms with Gasteiger partial charge in [0, 0.05) is 10.0 Å². The summed E-state index contributed by atoms with van der Waals surface area (Å²) in [5.74, 6) is 0. The zero-order chi connectivity index (χ0) is 21.5. The lowest BCUT2D eigenvalue weighted by Gasteiger charge is -2.11. The Morgan fingerprint density at radius 2 is 1.80 bits per heavy atom. The summed E-state index contributed by atoms with van der Waals surface area (Å²) in [6.07, 6.45) is 0. The maximum Gasteiger partial charge on any atom is 0.308 e. The number of benzene rings is 3. The SMILES string of the molecule is Cc1cc(Cl)ccc1NS(=O)(=O)c1ccc2c(c1)sc(=O)n2Cc1ccccc1Cl. The lowest BCUT2D eigenvalue weighted by molar-refractivity contribution is 0.601. The molecule has 5 nitrogen and oxygen atoms in total. The van der Waals surface area contributed by atoms with Gasteiger partial charge in [0.15, 0.2) is 0 Å². The van der Waals surface area contributed by atoms with Crippen molar-refractivity contribution in [3.05, 3.63) is 91.5 Å². The lowest BCUT2D eigenvalue weighted by atomic mass is 10.2. The Labute approximate surface area is 187 Å². The number of halogens is 2. The van der Waals surface area contributed by atoms with Gasteiger partial charge < -0.3 is 0 Å². The van der Waals surface area contributed by atoms with E-state index in [9.17, 15) is 13.2 Å². The maximum atomic E-state index is 12.9. The molecule has 0 radical (unpaired) electrons. The number of thiazole rings is 1.